The first-order chi connectivity index (χ1) is 8.51. The molecule has 1 aliphatic heterocycles. The van der Waals surface area contributed by atoms with Crippen LogP contribution in [0.5, 0.6) is 0 Å². The molecule has 0 unspecified atom stereocenters. The van der Waals surface area contributed by atoms with Crippen molar-refractivity contribution in [3.05, 3.63) is 22.1 Å². The quantitative estimate of drug-likeness (QED) is 0.575. The van der Waals surface area contributed by atoms with Gasteiger partial charge in [0.25, 0.3) is 5.91 Å². The van der Waals surface area contributed by atoms with E-state index in [-0.39, 0.29) is 11.7 Å². The molecular formula is C13H19NO2S2. The number of carbonyl (C=O) groups excluding carboxylic acids is 2. The second-order valence-corrected chi connectivity index (χ2v) is 6.32. The fourth-order valence-corrected chi connectivity index (χ4v) is 3.06. The lowest BCUT2D eigenvalue weighted by Crippen LogP contribution is -2.35. The first-order valence-corrected chi connectivity index (χ1v) is 8.32. The molecule has 0 radical (unpaired) electrons. The fraction of sp³-hybridized carbons (Fsp3) is 0.538. The Hall–Kier alpha value is -0.680. The standard InChI is InChI=1S/C13H19NO2S2/c1-9(2)5-7-14-8-6-10(15)11(12(14)16)13(17-3)18-4/h6,8-9H,5,7H2,1-4H3. The zero-order valence-electron chi connectivity index (χ0n) is 11.2. The Morgan fingerprint density at radius 1 is 1.28 bits per heavy atom. The third kappa shape index (κ3) is 3.65. The number of hydrogen-bond donors (Lipinski definition) is 0. The number of amides is 1. The molecule has 18 heavy (non-hydrogen) atoms. The lowest BCUT2D eigenvalue weighted by atomic mass is 10.1. The summed E-state index contributed by atoms with van der Waals surface area (Å²) in [6.07, 6.45) is 7.80. The zero-order chi connectivity index (χ0) is 13.7. The number of ketones is 1. The SMILES string of the molecule is CSC(SC)=C1C(=O)C=CN(CCC(C)C)C1=O. The molecule has 0 aromatic carbocycles. The lowest BCUT2D eigenvalue weighted by molar-refractivity contribution is -0.127. The molecule has 3 nitrogen and oxygen atoms in total. The first-order valence-electron chi connectivity index (χ1n) is 5.87. The van der Waals surface area contributed by atoms with Gasteiger partial charge in [0.2, 0.25) is 0 Å². The van der Waals surface area contributed by atoms with Crippen LogP contribution in [0.15, 0.2) is 22.1 Å². The van der Waals surface area contributed by atoms with Crippen molar-refractivity contribution in [1.82, 2.24) is 4.90 Å². The summed E-state index contributed by atoms with van der Waals surface area (Å²) in [4.78, 5) is 25.7. The summed E-state index contributed by atoms with van der Waals surface area (Å²) in [5.41, 5.74) is 0.321. The highest BCUT2D eigenvalue weighted by Gasteiger charge is 2.28. The number of carbonyl (C=O) groups is 2. The number of rotatable bonds is 5. The molecule has 0 aromatic heterocycles. The molecule has 0 fully saturated rings. The summed E-state index contributed by atoms with van der Waals surface area (Å²) < 4.78 is 0.795. The van der Waals surface area contributed by atoms with Gasteiger partial charge in [-0.15, -0.1) is 23.5 Å². The maximum absolute atomic E-state index is 12.3. The van der Waals surface area contributed by atoms with Crippen LogP contribution in [0.1, 0.15) is 20.3 Å². The van der Waals surface area contributed by atoms with Gasteiger partial charge in [0.1, 0.15) is 5.57 Å². The lowest BCUT2D eigenvalue weighted by Gasteiger charge is -2.24. The molecule has 0 atom stereocenters. The molecule has 1 aliphatic rings. The molecule has 0 saturated carbocycles. The van der Waals surface area contributed by atoms with E-state index in [4.69, 9.17) is 0 Å². The van der Waals surface area contributed by atoms with Crippen LogP contribution in [-0.2, 0) is 9.59 Å². The van der Waals surface area contributed by atoms with Crippen LogP contribution in [-0.4, -0.2) is 35.6 Å². The summed E-state index contributed by atoms with van der Waals surface area (Å²) in [5.74, 6) is 0.193. The summed E-state index contributed by atoms with van der Waals surface area (Å²) in [5, 5.41) is 0. The predicted octanol–water partition coefficient (Wildman–Crippen LogP) is 2.90. The van der Waals surface area contributed by atoms with Gasteiger partial charge in [0.15, 0.2) is 5.78 Å². The molecule has 0 saturated heterocycles. The van der Waals surface area contributed by atoms with Gasteiger partial charge in [-0.3, -0.25) is 9.59 Å². The van der Waals surface area contributed by atoms with E-state index >= 15 is 0 Å². The molecule has 0 bridgehead atoms. The Balaban J connectivity index is 2.96. The van der Waals surface area contributed by atoms with Crippen molar-refractivity contribution in [3.8, 4) is 0 Å². The summed E-state index contributed by atoms with van der Waals surface area (Å²) >= 11 is 2.90. The van der Waals surface area contributed by atoms with E-state index in [2.05, 4.69) is 13.8 Å². The average molecular weight is 285 g/mol. The van der Waals surface area contributed by atoms with Gasteiger partial charge in [0.05, 0.1) is 4.24 Å². The van der Waals surface area contributed by atoms with Gasteiger partial charge in [-0.25, -0.2) is 0 Å². The van der Waals surface area contributed by atoms with Crippen molar-refractivity contribution >= 4 is 35.2 Å². The monoisotopic (exact) mass is 285 g/mol. The maximum atomic E-state index is 12.3. The number of thioether (sulfide) groups is 2. The minimum atomic E-state index is -0.181. The van der Waals surface area contributed by atoms with Gasteiger partial charge in [-0.2, -0.15) is 0 Å². The zero-order valence-corrected chi connectivity index (χ0v) is 12.9. The van der Waals surface area contributed by atoms with Crippen LogP contribution in [0.2, 0.25) is 0 Å². The van der Waals surface area contributed by atoms with E-state index in [0.717, 1.165) is 10.7 Å². The number of allylic oxidation sites excluding steroid dienone is 1. The molecule has 0 aliphatic carbocycles. The third-order valence-corrected chi connectivity index (χ3v) is 4.80. The molecule has 0 aromatic rings. The highest BCUT2D eigenvalue weighted by Crippen LogP contribution is 2.30. The van der Waals surface area contributed by atoms with E-state index in [1.54, 1.807) is 11.1 Å². The van der Waals surface area contributed by atoms with E-state index in [1.807, 2.05) is 12.5 Å². The molecule has 0 spiro atoms. The van der Waals surface area contributed by atoms with Gasteiger partial charge < -0.3 is 4.90 Å². The molecule has 5 heteroatoms. The summed E-state index contributed by atoms with van der Waals surface area (Å²) in [6, 6.07) is 0. The smallest absolute Gasteiger partial charge is 0.263 e. The van der Waals surface area contributed by atoms with E-state index in [0.29, 0.717) is 18.0 Å². The maximum Gasteiger partial charge on any atom is 0.263 e. The van der Waals surface area contributed by atoms with Crippen LogP contribution in [0.25, 0.3) is 0 Å². The van der Waals surface area contributed by atoms with Crippen molar-refractivity contribution in [2.75, 3.05) is 19.1 Å². The minimum absolute atomic E-state index is 0.165. The molecule has 1 heterocycles. The highest BCUT2D eigenvalue weighted by molar-refractivity contribution is 8.21. The van der Waals surface area contributed by atoms with Crippen molar-refractivity contribution in [3.63, 3.8) is 0 Å². The van der Waals surface area contributed by atoms with Gasteiger partial charge in [-0.1, -0.05) is 13.8 Å². The Bertz CT molecular complexity index is 394. The Morgan fingerprint density at radius 2 is 1.89 bits per heavy atom. The Morgan fingerprint density at radius 3 is 2.39 bits per heavy atom. The highest BCUT2D eigenvalue weighted by atomic mass is 32.2. The van der Waals surface area contributed by atoms with Crippen molar-refractivity contribution in [2.45, 2.75) is 20.3 Å². The van der Waals surface area contributed by atoms with Crippen molar-refractivity contribution in [2.24, 2.45) is 5.92 Å². The Labute approximate surface area is 117 Å². The van der Waals surface area contributed by atoms with E-state index in [1.165, 1.54) is 29.6 Å². The third-order valence-electron chi connectivity index (χ3n) is 2.65. The van der Waals surface area contributed by atoms with Crippen LogP contribution in [0, 0.1) is 5.92 Å². The summed E-state index contributed by atoms with van der Waals surface area (Å²) in [6.45, 7) is 4.91. The molecule has 1 rings (SSSR count). The topological polar surface area (TPSA) is 37.4 Å². The number of hydrogen-bond acceptors (Lipinski definition) is 4. The molecule has 1 amide bonds. The number of nitrogens with zero attached hydrogens (tertiary/aromatic N) is 1. The second-order valence-electron chi connectivity index (χ2n) is 4.43. The second kappa shape index (κ2) is 7.04. The normalized spacial score (nSPS) is 15.8. The van der Waals surface area contributed by atoms with Crippen LogP contribution >= 0.6 is 23.5 Å². The van der Waals surface area contributed by atoms with Crippen molar-refractivity contribution in [1.29, 1.82) is 0 Å². The predicted molar refractivity (Wildman–Crippen MR) is 79.4 cm³/mol. The first kappa shape index (κ1) is 15.4. The fourth-order valence-electron chi connectivity index (χ4n) is 1.61. The molecular weight excluding hydrogens is 266 g/mol. The van der Waals surface area contributed by atoms with E-state index in [9.17, 15) is 9.59 Å². The van der Waals surface area contributed by atoms with Gasteiger partial charge in [0, 0.05) is 18.8 Å². The largest absolute Gasteiger partial charge is 0.315 e. The minimum Gasteiger partial charge on any atom is -0.315 e. The molecule has 100 valence electrons. The van der Waals surface area contributed by atoms with Gasteiger partial charge >= 0.3 is 0 Å². The van der Waals surface area contributed by atoms with Gasteiger partial charge in [-0.05, 0) is 24.9 Å². The summed E-state index contributed by atoms with van der Waals surface area (Å²) in [7, 11) is 0. The Kier molecular flexibility index (Phi) is 6.02. The average Bonchev–Trinajstić information content (AvgIpc) is 2.33. The van der Waals surface area contributed by atoms with Crippen LogP contribution in [0.4, 0.5) is 0 Å². The van der Waals surface area contributed by atoms with E-state index < -0.39 is 0 Å². The van der Waals surface area contributed by atoms with Crippen molar-refractivity contribution < 1.29 is 9.59 Å². The van der Waals surface area contributed by atoms with Crippen LogP contribution in [0.3, 0.4) is 0 Å². The molecule has 0 N–H and O–H groups in total. The van der Waals surface area contributed by atoms with Crippen LogP contribution < -0.4 is 0 Å².